The number of nitrogens with zero attached hydrogens (tertiary/aromatic N) is 3. The number of aliphatic carboxylic acids is 1. The Bertz CT molecular complexity index is 1310. The Hall–Kier alpha value is -3.30. The molecule has 41 heavy (non-hydrogen) atoms. The summed E-state index contributed by atoms with van der Waals surface area (Å²) in [5, 5.41) is 12.6. The van der Waals surface area contributed by atoms with E-state index in [1.807, 2.05) is 24.8 Å². The van der Waals surface area contributed by atoms with Gasteiger partial charge in [-0.05, 0) is 100 Å². The number of hydrogen-bond donors (Lipinski definition) is 2. The Morgan fingerprint density at radius 2 is 1.76 bits per heavy atom. The number of carboxylic acids is 1. The van der Waals surface area contributed by atoms with Crippen LogP contribution in [0.3, 0.4) is 0 Å². The van der Waals surface area contributed by atoms with E-state index in [0.717, 1.165) is 55.5 Å². The number of halogens is 2. The second-order valence-electron chi connectivity index (χ2n) is 11.5. The van der Waals surface area contributed by atoms with Crippen LogP contribution in [0.25, 0.3) is 0 Å². The number of carboxylic acid groups (broad SMARTS) is 1. The van der Waals surface area contributed by atoms with Gasteiger partial charge in [-0.15, -0.1) is 12.4 Å². The second kappa shape index (κ2) is 13.1. The lowest BCUT2D eigenvalue weighted by molar-refractivity contribution is -0.142. The molecule has 0 spiro atoms. The molecule has 0 aromatic heterocycles. The lowest BCUT2D eigenvalue weighted by atomic mass is 9.84. The van der Waals surface area contributed by atoms with Crippen LogP contribution < -0.4 is 10.2 Å². The summed E-state index contributed by atoms with van der Waals surface area (Å²) in [7, 11) is 0. The van der Waals surface area contributed by atoms with Gasteiger partial charge in [0.05, 0.1) is 0 Å². The third-order valence-corrected chi connectivity index (χ3v) is 8.26. The fourth-order valence-corrected chi connectivity index (χ4v) is 6.28. The van der Waals surface area contributed by atoms with Crippen LogP contribution in [0, 0.1) is 11.7 Å². The molecule has 1 atom stereocenters. The number of carbonyl (C=O) groups excluding carboxylic acids is 2. The van der Waals surface area contributed by atoms with Gasteiger partial charge in [0, 0.05) is 42.2 Å². The largest absolute Gasteiger partial charge is 0.480 e. The van der Waals surface area contributed by atoms with Crippen LogP contribution in [-0.2, 0) is 22.6 Å². The molecular weight excluding hydrogens is 547 g/mol. The van der Waals surface area contributed by atoms with Gasteiger partial charge in [-0.1, -0.05) is 12.1 Å². The summed E-state index contributed by atoms with van der Waals surface area (Å²) in [6.45, 7) is 5.22. The highest BCUT2D eigenvalue weighted by atomic mass is 35.5. The highest BCUT2D eigenvalue weighted by Gasteiger charge is 2.37. The molecule has 1 saturated heterocycles. The molecule has 2 heterocycles. The van der Waals surface area contributed by atoms with Crippen LogP contribution in [0.4, 0.5) is 10.1 Å². The number of aliphatic imine (C=N–C) groups is 1. The van der Waals surface area contributed by atoms with Gasteiger partial charge < -0.3 is 15.3 Å². The SMILES string of the molecule is CC(C)NC(=O)C1CCC(N2C(=NC(=O)c3ccc(F)cc3)Cc3ccc(CN4CCC[C@H]4C(=O)O)cc32)CC1.Cl. The smallest absolute Gasteiger partial charge is 0.320 e. The average Bonchev–Trinajstić information content (AvgIpc) is 3.53. The topological polar surface area (TPSA) is 102 Å². The molecule has 0 unspecified atom stereocenters. The van der Waals surface area contributed by atoms with Gasteiger partial charge in [0.25, 0.3) is 5.91 Å². The number of rotatable bonds is 7. The molecule has 2 aliphatic heterocycles. The van der Waals surface area contributed by atoms with Gasteiger partial charge in [-0.2, -0.15) is 4.99 Å². The standard InChI is InChI=1S/C31H37FN4O4.ClH/c1-19(2)33-29(37)22-9-13-25(14-10-22)36-27-16-20(18-35-15-3-4-26(35)31(39)40)5-6-23(27)17-28(36)34-30(38)21-7-11-24(32)12-8-21;/h5-8,11-12,16,19,22,25-26H,3-4,9-10,13-15,17-18H2,1-2H3,(H,33,37)(H,39,40);1H/t22?,25?,26-;/m0./s1. The van der Waals surface area contributed by atoms with E-state index in [1.165, 1.54) is 24.3 Å². The fraction of sp³-hybridized carbons (Fsp3) is 0.484. The molecule has 2 aromatic rings. The molecule has 2 aromatic carbocycles. The van der Waals surface area contributed by atoms with Crippen LogP contribution in [0.2, 0.25) is 0 Å². The molecule has 3 aliphatic rings. The van der Waals surface area contributed by atoms with Gasteiger partial charge in [0.2, 0.25) is 5.91 Å². The van der Waals surface area contributed by atoms with Crippen molar-refractivity contribution in [2.75, 3.05) is 11.4 Å². The molecule has 2 N–H and O–H groups in total. The molecule has 8 nitrogen and oxygen atoms in total. The van der Waals surface area contributed by atoms with Crippen molar-refractivity contribution in [2.24, 2.45) is 10.9 Å². The molecule has 0 radical (unpaired) electrons. The summed E-state index contributed by atoms with van der Waals surface area (Å²) in [5.74, 6) is -0.895. The molecule has 220 valence electrons. The van der Waals surface area contributed by atoms with Crippen molar-refractivity contribution in [2.45, 2.75) is 83.5 Å². The molecule has 5 rings (SSSR count). The van der Waals surface area contributed by atoms with E-state index in [1.54, 1.807) is 0 Å². The van der Waals surface area contributed by atoms with Gasteiger partial charge in [-0.3, -0.25) is 19.3 Å². The number of hydrogen-bond acceptors (Lipinski definition) is 4. The van der Waals surface area contributed by atoms with Crippen molar-refractivity contribution in [1.82, 2.24) is 10.2 Å². The minimum Gasteiger partial charge on any atom is -0.480 e. The van der Waals surface area contributed by atoms with Gasteiger partial charge in [0.15, 0.2) is 0 Å². The Morgan fingerprint density at radius 3 is 2.41 bits per heavy atom. The lowest BCUT2D eigenvalue weighted by Crippen LogP contribution is -2.44. The van der Waals surface area contributed by atoms with E-state index in [0.29, 0.717) is 30.8 Å². The molecule has 1 saturated carbocycles. The summed E-state index contributed by atoms with van der Waals surface area (Å²) in [6, 6.07) is 11.3. The predicted octanol–water partition coefficient (Wildman–Crippen LogP) is 4.98. The number of likely N-dealkylation sites (tertiary alicyclic amines) is 1. The molecule has 2 fully saturated rings. The molecular formula is C31H38ClFN4O4. The Morgan fingerprint density at radius 1 is 1.05 bits per heavy atom. The number of amides is 2. The highest BCUT2D eigenvalue weighted by Crippen LogP contribution is 2.38. The number of carbonyl (C=O) groups is 3. The molecule has 10 heteroatoms. The average molecular weight is 585 g/mol. The lowest BCUT2D eigenvalue weighted by Gasteiger charge is -2.36. The third kappa shape index (κ3) is 6.96. The van der Waals surface area contributed by atoms with E-state index in [-0.39, 0.29) is 36.3 Å². The monoisotopic (exact) mass is 584 g/mol. The number of nitrogens with one attached hydrogen (secondary N) is 1. The van der Waals surface area contributed by atoms with Crippen molar-refractivity contribution in [3.05, 3.63) is 65.0 Å². The second-order valence-corrected chi connectivity index (χ2v) is 11.5. The maximum Gasteiger partial charge on any atom is 0.320 e. The Labute approximate surface area is 246 Å². The summed E-state index contributed by atoms with van der Waals surface area (Å²) in [6.07, 6.45) is 5.10. The third-order valence-electron chi connectivity index (χ3n) is 8.26. The Kier molecular flexibility index (Phi) is 9.81. The molecule has 1 aliphatic carbocycles. The van der Waals surface area contributed by atoms with Crippen LogP contribution in [0.5, 0.6) is 0 Å². The predicted molar refractivity (Wildman–Crippen MR) is 158 cm³/mol. The quantitative estimate of drug-likeness (QED) is 0.476. The van der Waals surface area contributed by atoms with Crippen molar-refractivity contribution < 1.29 is 23.9 Å². The zero-order valence-electron chi connectivity index (χ0n) is 23.5. The van der Waals surface area contributed by atoms with Crippen molar-refractivity contribution in [3.63, 3.8) is 0 Å². The summed E-state index contributed by atoms with van der Waals surface area (Å²) in [4.78, 5) is 46.1. The zero-order chi connectivity index (χ0) is 28.4. The van der Waals surface area contributed by atoms with Gasteiger partial charge in [-0.25, -0.2) is 4.39 Å². The van der Waals surface area contributed by atoms with E-state index < -0.39 is 23.7 Å². The van der Waals surface area contributed by atoms with Crippen LogP contribution in [-0.4, -0.2) is 58.3 Å². The normalized spacial score (nSPS) is 23.4. The van der Waals surface area contributed by atoms with E-state index >= 15 is 0 Å². The fourth-order valence-electron chi connectivity index (χ4n) is 6.28. The summed E-state index contributed by atoms with van der Waals surface area (Å²) >= 11 is 0. The zero-order valence-corrected chi connectivity index (χ0v) is 24.3. The first-order valence-electron chi connectivity index (χ1n) is 14.3. The summed E-state index contributed by atoms with van der Waals surface area (Å²) < 4.78 is 13.4. The first-order valence-corrected chi connectivity index (χ1v) is 14.3. The minimum atomic E-state index is -0.785. The maximum absolute atomic E-state index is 13.4. The molecule has 0 bridgehead atoms. The maximum atomic E-state index is 13.4. The molecule has 2 amide bonds. The van der Waals surface area contributed by atoms with Gasteiger partial charge in [0.1, 0.15) is 17.7 Å². The Balaban J connectivity index is 0.00000387. The first kappa shape index (κ1) is 30.7. The van der Waals surface area contributed by atoms with Crippen LogP contribution in [0.1, 0.15) is 73.9 Å². The van der Waals surface area contributed by atoms with Crippen molar-refractivity contribution >= 4 is 41.7 Å². The summed E-state index contributed by atoms with van der Waals surface area (Å²) in [5.41, 5.74) is 3.40. The minimum absolute atomic E-state index is 0. The first-order chi connectivity index (χ1) is 19.2. The van der Waals surface area contributed by atoms with E-state index in [4.69, 9.17) is 0 Å². The number of anilines is 1. The highest BCUT2D eigenvalue weighted by molar-refractivity contribution is 6.12. The number of fused-ring (bicyclic) bond motifs is 1. The number of benzene rings is 2. The van der Waals surface area contributed by atoms with E-state index in [9.17, 15) is 23.9 Å². The van der Waals surface area contributed by atoms with Crippen LogP contribution in [0.15, 0.2) is 47.5 Å². The van der Waals surface area contributed by atoms with Crippen molar-refractivity contribution in [3.8, 4) is 0 Å². The van der Waals surface area contributed by atoms with Crippen molar-refractivity contribution in [1.29, 1.82) is 0 Å². The van der Waals surface area contributed by atoms with Crippen LogP contribution >= 0.6 is 12.4 Å². The number of amidine groups is 1. The van der Waals surface area contributed by atoms with Gasteiger partial charge >= 0.3 is 5.97 Å². The van der Waals surface area contributed by atoms with E-state index in [2.05, 4.69) is 27.3 Å².